The van der Waals surface area contributed by atoms with Gasteiger partial charge in [0.25, 0.3) is 5.91 Å². The zero-order valence-corrected chi connectivity index (χ0v) is 20.8. The van der Waals surface area contributed by atoms with E-state index in [2.05, 4.69) is 17.2 Å². The second-order valence-electron chi connectivity index (χ2n) is 8.40. The van der Waals surface area contributed by atoms with E-state index in [1.165, 1.54) is 17.3 Å². The number of amides is 2. The van der Waals surface area contributed by atoms with Crippen LogP contribution >= 0.6 is 11.8 Å². The van der Waals surface area contributed by atoms with Crippen LogP contribution in [0.3, 0.4) is 0 Å². The zero-order chi connectivity index (χ0) is 25.1. The molecule has 36 heavy (non-hydrogen) atoms. The molecule has 2 aliphatic heterocycles. The Balaban J connectivity index is 1.36. The van der Waals surface area contributed by atoms with Crippen LogP contribution < -0.4 is 19.7 Å². The van der Waals surface area contributed by atoms with Gasteiger partial charge in [-0.3, -0.25) is 14.5 Å². The summed E-state index contributed by atoms with van der Waals surface area (Å²) in [6.45, 7) is 4.25. The lowest BCUT2D eigenvalue weighted by Gasteiger charge is -2.18. The van der Waals surface area contributed by atoms with Gasteiger partial charge in [0.05, 0.1) is 11.4 Å². The van der Waals surface area contributed by atoms with Gasteiger partial charge in [-0.2, -0.15) is 0 Å². The summed E-state index contributed by atoms with van der Waals surface area (Å²) >= 11 is 1.22. The normalized spacial score (nSPS) is 15.4. The molecule has 7 nitrogen and oxygen atoms in total. The molecule has 2 aliphatic rings. The van der Waals surface area contributed by atoms with Crippen molar-refractivity contribution in [2.24, 2.45) is 4.99 Å². The molecular weight excluding hydrogens is 474 g/mol. The number of nitrogens with zero attached hydrogens (tertiary/aromatic N) is 2. The van der Waals surface area contributed by atoms with E-state index in [-0.39, 0.29) is 30.1 Å². The molecule has 8 heteroatoms. The highest BCUT2D eigenvalue weighted by molar-refractivity contribution is 8.14. The number of fused-ring (bicyclic) bond motifs is 1. The van der Waals surface area contributed by atoms with Gasteiger partial charge < -0.3 is 14.8 Å². The average Bonchev–Trinajstić information content (AvgIpc) is 3.48. The number of ether oxygens (including phenoxy) is 2. The highest BCUT2D eigenvalue weighted by atomic mass is 32.2. The Labute approximate surface area is 213 Å². The summed E-state index contributed by atoms with van der Waals surface area (Å²) < 4.78 is 10.8. The standard InChI is InChI=1S/C28H25N3O4S/c1-3-19-6-9-21(10-7-19)29-26(32)16-36-28-30-23(14-20-8-13-24-25(15-20)35-17-34-24)27(33)31(28)22-11-4-18(2)5-12-22/h4-15H,3,16-17H2,1-2H3,(H,29,32)/b23-14+. The maximum atomic E-state index is 13.4. The minimum atomic E-state index is -0.255. The Morgan fingerprint density at radius 2 is 1.81 bits per heavy atom. The zero-order valence-electron chi connectivity index (χ0n) is 20.0. The van der Waals surface area contributed by atoms with Gasteiger partial charge in [-0.25, -0.2) is 4.99 Å². The number of hydrogen-bond acceptors (Lipinski definition) is 6. The molecule has 1 N–H and O–H groups in total. The topological polar surface area (TPSA) is 80.2 Å². The van der Waals surface area contributed by atoms with E-state index in [0.29, 0.717) is 22.4 Å². The predicted octanol–water partition coefficient (Wildman–Crippen LogP) is 5.40. The van der Waals surface area contributed by atoms with Crippen LogP contribution in [0.2, 0.25) is 0 Å². The fraction of sp³-hybridized carbons (Fsp3) is 0.179. The fourth-order valence-corrected chi connectivity index (χ4v) is 4.64. The van der Waals surface area contributed by atoms with E-state index < -0.39 is 0 Å². The molecule has 0 bridgehead atoms. The number of carbonyl (C=O) groups is 2. The molecule has 0 radical (unpaired) electrons. The molecule has 0 aromatic heterocycles. The molecule has 182 valence electrons. The van der Waals surface area contributed by atoms with Crippen molar-refractivity contribution in [3.63, 3.8) is 0 Å². The summed E-state index contributed by atoms with van der Waals surface area (Å²) in [6, 6.07) is 20.9. The Hall–Kier alpha value is -4.04. The first-order valence-corrected chi connectivity index (χ1v) is 12.6. The number of amidine groups is 1. The van der Waals surface area contributed by atoms with Crippen molar-refractivity contribution in [1.82, 2.24) is 0 Å². The van der Waals surface area contributed by atoms with Crippen LogP contribution in [0.4, 0.5) is 11.4 Å². The Kier molecular flexibility index (Phi) is 6.77. The number of aliphatic imine (C=N–C) groups is 1. The van der Waals surface area contributed by atoms with Gasteiger partial charge in [0.2, 0.25) is 12.7 Å². The molecule has 0 spiro atoms. The molecule has 0 unspecified atom stereocenters. The van der Waals surface area contributed by atoms with Crippen LogP contribution in [0.1, 0.15) is 23.6 Å². The summed E-state index contributed by atoms with van der Waals surface area (Å²) in [7, 11) is 0. The van der Waals surface area contributed by atoms with Crippen molar-refractivity contribution in [2.75, 3.05) is 22.8 Å². The first-order chi connectivity index (χ1) is 17.5. The summed E-state index contributed by atoms with van der Waals surface area (Å²) in [5.74, 6) is 0.992. The fourth-order valence-electron chi connectivity index (χ4n) is 3.83. The van der Waals surface area contributed by atoms with E-state index >= 15 is 0 Å². The van der Waals surface area contributed by atoms with Gasteiger partial charge in [-0.15, -0.1) is 0 Å². The van der Waals surface area contributed by atoms with Crippen molar-refractivity contribution in [3.05, 3.63) is 89.1 Å². The molecule has 3 aromatic carbocycles. The Bertz CT molecular complexity index is 1360. The maximum Gasteiger partial charge on any atom is 0.283 e. The largest absolute Gasteiger partial charge is 0.454 e. The van der Waals surface area contributed by atoms with Crippen LogP contribution in [0, 0.1) is 6.92 Å². The number of benzene rings is 3. The highest BCUT2D eigenvalue weighted by Gasteiger charge is 2.32. The summed E-state index contributed by atoms with van der Waals surface area (Å²) in [5.41, 5.74) is 4.78. The molecule has 0 saturated carbocycles. The van der Waals surface area contributed by atoms with Crippen molar-refractivity contribution >= 4 is 46.2 Å². The Morgan fingerprint density at radius 1 is 1.06 bits per heavy atom. The number of carbonyl (C=O) groups excluding carboxylic acids is 2. The number of rotatable bonds is 6. The lowest BCUT2D eigenvalue weighted by molar-refractivity contribution is -0.114. The van der Waals surface area contributed by atoms with Crippen LogP contribution in [-0.2, 0) is 16.0 Å². The smallest absolute Gasteiger partial charge is 0.283 e. The summed E-state index contributed by atoms with van der Waals surface area (Å²) in [5, 5.41) is 3.36. The van der Waals surface area contributed by atoms with E-state index in [1.807, 2.05) is 73.7 Å². The average molecular weight is 500 g/mol. The van der Waals surface area contributed by atoms with Gasteiger partial charge in [0, 0.05) is 5.69 Å². The van der Waals surface area contributed by atoms with Crippen LogP contribution in [-0.4, -0.2) is 29.5 Å². The molecule has 0 fully saturated rings. The molecule has 3 aromatic rings. The quantitative estimate of drug-likeness (QED) is 0.459. The van der Waals surface area contributed by atoms with E-state index in [0.717, 1.165) is 23.2 Å². The van der Waals surface area contributed by atoms with E-state index in [4.69, 9.17) is 9.47 Å². The van der Waals surface area contributed by atoms with Crippen LogP contribution in [0.15, 0.2) is 77.4 Å². The molecule has 0 atom stereocenters. The van der Waals surface area contributed by atoms with Gasteiger partial charge >= 0.3 is 0 Å². The Morgan fingerprint density at radius 3 is 2.56 bits per heavy atom. The second-order valence-corrected chi connectivity index (χ2v) is 9.34. The number of thioether (sulfide) groups is 1. The van der Waals surface area contributed by atoms with E-state index in [1.54, 1.807) is 11.0 Å². The van der Waals surface area contributed by atoms with Crippen molar-refractivity contribution in [3.8, 4) is 11.5 Å². The molecule has 0 aliphatic carbocycles. The number of anilines is 2. The van der Waals surface area contributed by atoms with Gasteiger partial charge in [-0.05, 0) is 66.9 Å². The van der Waals surface area contributed by atoms with Crippen LogP contribution in [0.25, 0.3) is 6.08 Å². The van der Waals surface area contributed by atoms with Gasteiger partial charge in [0.15, 0.2) is 16.7 Å². The van der Waals surface area contributed by atoms with E-state index in [9.17, 15) is 9.59 Å². The minimum Gasteiger partial charge on any atom is -0.454 e. The summed E-state index contributed by atoms with van der Waals surface area (Å²) in [4.78, 5) is 32.2. The van der Waals surface area contributed by atoms with Crippen molar-refractivity contribution in [2.45, 2.75) is 20.3 Å². The molecule has 2 heterocycles. The second kappa shape index (κ2) is 10.3. The maximum absolute atomic E-state index is 13.4. The molecular formula is C28H25N3O4S. The SMILES string of the molecule is CCc1ccc(NC(=O)CSC2=N/C(=C/c3ccc4c(c3)OCO4)C(=O)N2c2ccc(C)cc2)cc1. The highest BCUT2D eigenvalue weighted by Crippen LogP contribution is 2.34. The minimum absolute atomic E-state index is 0.112. The third kappa shape index (κ3) is 5.13. The monoisotopic (exact) mass is 499 g/mol. The van der Waals surface area contributed by atoms with Gasteiger partial charge in [-0.1, -0.05) is 54.6 Å². The summed E-state index contributed by atoms with van der Waals surface area (Å²) in [6.07, 6.45) is 2.66. The van der Waals surface area contributed by atoms with Crippen molar-refractivity contribution < 1.29 is 19.1 Å². The third-order valence-electron chi connectivity index (χ3n) is 5.80. The number of hydrogen-bond donors (Lipinski definition) is 1. The third-order valence-corrected chi connectivity index (χ3v) is 6.74. The molecule has 5 rings (SSSR count). The number of aryl methyl sites for hydroxylation is 2. The lowest BCUT2D eigenvalue weighted by Crippen LogP contribution is -2.31. The number of nitrogens with one attached hydrogen (secondary N) is 1. The first kappa shape index (κ1) is 23.7. The first-order valence-electron chi connectivity index (χ1n) is 11.6. The lowest BCUT2D eigenvalue weighted by atomic mass is 10.1. The molecule has 2 amide bonds. The van der Waals surface area contributed by atoms with Crippen LogP contribution in [0.5, 0.6) is 11.5 Å². The predicted molar refractivity (Wildman–Crippen MR) is 144 cm³/mol. The van der Waals surface area contributed by atoms with Gasteiger partial charge in [0.1, 0.15) is 5.70 Å². The van der Waals surface area contributed by atoms with Crippen molar-refractivity contribution in [1.29, 1.82) is 0 Å². The molecule has 0 saturated heterocycles.